The van der Waals surface area contributed by atoms with Crippen molar-refractivity contribution in [1.29, 1.82) is 0 Å². The minimum atomic E-state index is -1.29. The number of benzene rings is 2. The van der Waals surface area contributed by atoms with E-state index in [1.807, 2.05) is 48.5 Å². The van der Waals surface area contributed by atoms with E-state index < -0.39 is 30.4 Å². The van der Waals surface area contributed by atoms with Crippen LogP contribution in [0.2, 0.25) is 0 Å². The molecule has 168 valence electrons. The highest BCUT2D eigenvalue weighted by Crippen LogP contribution is 2.44. The van der Waals surface area contributed by atoms with Crippen molar-refractivity contribution in [3.8, 4) is 11.1 Å². The van der Waals surface area contributed by atoms with E-state index in [0.717, 1.165) is 22.3 Å². The van der Waals surface area contributed by atoms with E-state index in [9.17, 15) is 14.4 Å². The summed E-state index contributed by atoms with van der Waals surface area (Å²) >= 11 is 0. The number of aliphatic carboxylic acids is 1. The van der Waals surface area contributed by atoms with Crippen LogP contribution < -0.4 is 10.6 Å². The second kappa shape index (κ2) is 9.90. The Balaban J connectivity index is 1.39. The van der Waals surface area contributed by atoms with E-state index in [4.69, 9.17) is 9.84 Å². The van der Waals surface area contributed by atoms with Gasteiger partial charge in [0.25, 0.3) is 0 Å². The van der Waals surface area contributed by atoms with Gasteiger partial charge in [-0.05, 0) is 28.3 Å². The largest absolute Gasteiger partial charge is 0.481 e. The molecule has 0 aliphatic heterocycles. The molecule has 0 radical (unpaired) electrons. The number of ether oxygens (including phenoxy) is 1. The molecule has 1 aromatic heterocycles. The lowest BCUT2D eigenvalue weighted by atomic mass is 9.98. The van der Waals surface area contributed by atoms with E-state index in [0.29, 0.717) is 5.69 Å². The quantitative estimate of drug-likeness (QED) is 0.484. The molecule has 0 fully saturated rings. The molecule has 0 saturated heterocycles. The lowest BCUT2D eigenvalue weighted by molar-refractivity contribution is -0.139. The summed E-state index contributed by atoms with van der Waals surface area (Å²) < 4.78 is 5.42. The molecule has 9 nitrogen and oxygen atoms in total. The molecule has 3 aromatic rings. The maximum atomic E-state index is 12.5. The molecule has 33 heavy (non-hydrogen) atoms. The average molecular weight is 446 g/mol. The van der Waals surface area contributed by atoms with E-state index in [1.165, 1.54) is 12.5 Å². The predicted molar refractivity (Wildman–Crippen MR) is 118 cm³/mol. The zero-order chi connectivity index (χ0) is 23.2. The van der Waals surface area contributed by atoms with Crippen LogP contribution in [0.3, 0.4) is 0 Å². The van der Waals surface area contributed by atoms with Gasteiger partial charge in [0.15, 0.2) is 0 Å². The third kappa shape index (κ3) is 5.15. The van der Waals surface area contributed by atoms with Crippen molar-refractivity contribution in [2.75, 3.05) is 6.61 Å². The number of carboxylic acids is 1. The molecule has 1 heterocycles. The molecule has 3 N–H and O–H groups in total. The maximum absolute atomic E-state index is 12.5. The molecule has 0 bridgehead atoms. The SMILES string of the molecule is O=C(O)CC(NC(=O)OCC1c2ccccc2-c2ccccc21)C(=O)NCc1ccncn1. The number of hydrogen-bond acceptors (Lipinski definition) is 6. The molecule has 2 aromatic carbocycles. The Kier molecular flexibility index (Phi) is 6.58. The van der Waals surface area contributed by atoms with Gasteiger partial charge in [0, 0.05) is 12.1 Å². The van der Waals surface area contributed by atoms with Crippen molar-refractivity contribution in [1.82, 2.24) is 20.6 Å². The topological polar surface area (TPSA) is 131 Å². The lowest BCUT2D eigenvalue weighted by Crippen LogP contribution is -2.48. The van der Waals surface area contributed by atoms with Crippen molar-refractivity contribution in [3.05, 3.63) is 83.9 Å². The third-order valence-electron chi connectivity index (χ3n) is 5.42. The Labute approximate surface area is 189 Å². The number of alkyl carbamates (subject to hydrolysis) is 1. The number of carboxylic acid groups (broad SMARTS) is 1. The summed E-state index contributed by atoms with van der Waals surface area (Å²) in [5.74, 6) is -2.02. The first-order valence-corrected chi connectivity index (χ1v) is 10.4. The summed E-state index contributed by atoms with van der Waals surface area (Å²) in [5.41, 5.74) is 4.84. The highest BCUT2D eigenvalue weighted by Gasteiger charge is 2.30. The number of carbonyl (C=O) groups excluding carboxylic acids is 2. The number of hydrogen-bond donors (Lipinski definition) is 3. The van der Waals surface area contributed by atoms with Gasteiger partial charge in [-0.25, -0.2) is 14.8 Å². The molecular formula is C24H22N4O5. The summed E-state index contributed by atoms with van der Waals surface area (Å²) in [6.45, 7) is 0.131. The molecule has 1 unspecified atom stereocenters. The fourth-order valence-corrected chi connectivity index (χ4v) is 3.89. The second-order valence-corrected chi connectivity index (χ2v) is 7.54. The number of nitrogens with one attached hydrogen (secondary N) is 2. The Hall–Kier alpha value is -4.27. The fraction of sp³-hybridized carbons (Fsp3) is 0.208. The minimum Gasteiger partial charge on any atom is -0.481 e. The number of fused-ring (bicyclic) bond motifs is 3. The third-order valence-corrected chi connectivity index (χ3v) is 5.42. The van der Waals surface area contributed by atoms with Crippen molar-refractivity contribution < 1.29 is 24.2 Å². The minimum absolute atomic E-state index is 0.0577. The summed E-state index contributed by atoms with van der Waals surface area (Å²) in [4.78, 5) is 44.0. The Morgan fingerprint density at radius 3 is 2.27 bits per heavy atom. The van der Waals surface area contributed by atoms with Crippen LogP contribution in [0.15, 0.2) is 67.1 Å². The van der Waals surface area contributed by atoms with Crippen LogP contribution in [-0.4, -0.2) is 45.7 Å². The molecule has 0 spiro atoms. The number of rotatable bonds is 8. The van der Waals surface area contributed by atoms with Gasteiger partial charge in [-0.15, -0.1) is 0 Å². The first-order chi connectivity index (χ1) is 16.0. The van der Waals surface area contributed by atoms with Crippen LogP contribution in [0.4, 0.5) is 4.79 Å². The normalized spacial score (nSPS) is 12.8. The zero-order valence-corrected chi connectivity index (χ0v) is 17.6. The van der Waals surface area contributed by atoms with Gasteiger partial charge in [-0.1, -0.05) is 48.5 Å². The van der Waals surface area contributed by atoms with Crippen molar-refractivity contribution in [3.63, 3.8) is 0 Å². The van der Waals surface area contributed by atoms with Crippen LogP contribution in [0.5, 0.6) is 0 Å². The van der Waals surface area contributed by atoms with Crippen LogP contribution in [-0.2, 0) is 20.9 Å². The van der Waals surface area contributed by atoms with Crippen LogP contribution in [0, 0.1) is 0 Å². The van der Waals surface area contributed by atoms with Crippen molar-refractivity contribution in [2.24, 2.45) is 0 Å². The zero-order valence-electron chi connectivity index (χ0n) is 17.6. The highest BCUT2D eigenvalue weighted by molar-refractivity contribution is 5.89. The van der Waals surface area contributed by atoms with Gasteiger partial charge < -0.3 is 20.5 Å². The molecule has 1 aliphatic carbocycles. The van der Waals surface area contributed by atoms with Gasteiger partial charge in [-0.2, -0.15) is 0 Å². The van der Waals surface area contributed by atoms with Crippen molar-refractivity contribution in [2.45, 2.75) is 24.9 Å². The van der Waals surface area contributed by atoms with Crippen LogP contribution in [0.1, 0.15) is 29.2 Å². The van der Waals surface area contributed by atoms with E-state index >= 15 is 0 Å². The molecule has 4 rings (SSSR count). The lowest BCUT2D eigenvalue weighted by Gasteiger charge is -2.18. The average Bonchev–Trinajstić information content (AvgIpc) is 3.15. The Morgan fingerprint density at radius 1 is 1.00 bits per heavy atom. The van der Waals surface area contributed by atoms with Gasteiger partial charge in [0.1, 0.15) is 19.0 Å². The smallest absolute Gasteiger partial charge is 0.407 e. The molecule has 0 saturated carbocycles. The van der Waals surface area contributed by atoms with Gasteiger partial charge in [0.05, 0.1) is 18.7 Å². The molecule has 1 atom stereocenters. The monoisotopic (exact) mass is 446 g/mol. The van der Waals surface area contributed by atoms with Gasteiger partial charge in [0.2, 0.25) is 5.91 Å². The van der Waals surface area contributed by atoms with E-state index in [-0.39, 0.29) is 19.1 Å². The van der Waals surface area contributed by atoms with E-state index in [2.05, 4.69) is 20.6 Å². The second-order valence-electron chi connectivity index (χ2n) is 7.54. The molecular weight excluding hydrogens is 424 g/mol. The van der Waals surface area contributed by atoms with Gasteiger partial charge >= 0.3 is 12.1 Å². The maximum Gasteiger partial charge on any atom is 0.407 e. The first kappa shape index (κ1) is 21.9. The molecule has 2 amide bonds. The molecule has 9 heteroatoms. The first-order valence-electron chi connectivity index (χ1n) is 10.4. The van der Waals surface area contributed by atoms with Crippen LogP contribution in [0.25, 0.3) is 11.1 Å². The highest BCUT2D eigenvalue weighted by atomic mass is 16.5. The summed E-state index contributed by atoms with van der Waals surface area (Å²) in [7, 11) is 0. The summed E-state index contributed by atoms with van der Waals surface area (Å²) in [6, 6.07) is 16.2. The van der Waals surface area contributed by atoms with Crippen molar-refractivity contribution >= 4 is 18.0 Å². The predicted octanol–water partition coefficient (Wildman–Crippen LogP) is 2.47. The summed E-state index contributed by atoms with van der Waals surface area (Å²) in [6.07, 6.45) is 1.42. The summed E-state index contributed by atoms with van der Waals surface area (Å²) in [5, 5.41) is 14.1. The number of aromatic nitrogens is 2. The van der Waals surface area contributed by atoms with E-state index in [1.54, 1.807) is 6.07 Å². The Morgan fingerprint density at radius 2 is 1.67 bits per heavy atom. The fourth-order valence-electron chi connectivity index (χ4n) is 3.89. The molecule has 1 aliphatic rings. The standard InChI is InChI=1S/C24H22N4O5/c29-22(30)11-21(23(31)26-12-15-9-10-25-14-27-15)28-24(32)33-13-20-18-7-3-1-5-16(18)17-6-2-4-8-19(17)20/h1-10,14,20-21H,11-13H2,(H,26,31)(H,28,32)(H,29,30). The Bertz CT molecular complexity index is 1120. The van der Waals surface area contributed by atoms with Crippen LogP contribution >= 0.6 is 0 Å². The van der Waals surface area contributed by atoms with Gasteiger partial charge in [-0.3, -0.25) is 9.59 Å². The number of carbonyl (C=O) groups is 3. The number of nitrogens with zero attached hydrogens (tertiary/aromatic N) is 2. The number of amides is 2.